The highest BCUT2D eigenvalue weighted by Crippen LogP contribution is 2.42. The molecular formula is C34H26F6N2. The van der Waals surface area contributed by atoms with Gasteiger partial charge in [-0.1, -0.05) is 86.6 Å². The van der Waals surface area contributed by atoms with Crippen LogP contribution < -0.4 is 0 Å². The molecular weight excluding hydrogens is 550 g/mol. The summed E-state index contributed by atoms with van der Waals surface area (Å²) in [6.45, 7) is 3.99. The Morgan fingerprint density at radius 1 is 0.500 bits per heavy atom. The standard InChI is InChI=1S/C34H26F6N2/c1-3-21-11-15-23(16-12-21)29-30(25-7-5-9-27(19-25)33(35,36)37)41-32(24-17-13-22(4-2)14-18-24)42-31(29)26-8-6-10-28(20-26)34(38,39)40/h5-20H,3-4H2,1-2H3. The van der Waals surface area contributed by atoms with Gasteiger partial charge in [0.2, 0.25) is 0 Å². The first-order chi connectivity index (χ1) is 20.0. The van der Waals surface area contributed by atoms with Crippen molar-refractivity contribution in [2.24, 2.45) is 0 Å². The minimum Gasteiger partial charge on any atom is -0.227 e. The normalized spacial score (nSPS) is 12.0. The summed E-state index contributed by atoms with van der Waals surface area (Å²) in [4.78, 5) is 9.53. The van der Waals surface area contributed by atoms with Crippen molar-refractivity contribution in [2.45, 2.75) is 39.0 Å². The lowest BCUT2D eigenvalue weighted by Gasteiger charge is -2.18. The molecule has 0 unspecified atom stereocenters. The van der Waals surface area contributed by atoms with Gasteiger partial charge in [-0.15, -0.1) is 0 Å². The Hall–Kier alpha value is -4.46. The molecule has 0 radical (unpaired) electrons. The third-order valence-corrected chi connectivity index (χ3v) is 7.11. The van der Waals surface area contributed by atoms with Crippen molar-refractivity contribution >= 4 is 0 Å². The number of rotatable bonds is 6. The lowest BCUT2D eigenvalue weighted by Crippen LogP contribution is -2.07. The first-order valence-electron chi connectivity index (χ1n) is 13.4. The van der Waals surface area contributed by atoms with Crippen LogP contribution in [-0.4, -0.2) is 9.97 Å². The van der Waals surface area contributed by atoms with Gasteiger partial charge in [-0.3, -0.25) is 0 Å². The predicted octanol–water partition coefficient (Wildman–Crippen LogP) is 10.3. The second-order valence-corrected chi connectivity index (χ2v) is 9.88. The quantitative estimate of drug-likeness (QED) is 0.188. The number of aryl methyl sites for hydroxylation is 2. The average Bonchev–Trinajstić information content (AvgIpc) is 3.00. The molecule has 1 heterocycles. The maximum Gasteiger partial charge on any atom is 0.416 e. The second kappa shape index (κ2) is 11.4. The van der Waals surface area contributed by atoms with E-state index in [4.69, 9.17) is 9.97 Å². The van der Waals surface area contributed by atoms with Gasteiger partial charge in [-0.25, -0.2) is 9.97 Å². The summed E-state index contributed by atoms with van der Waals surface area (Å²) in [5, 5.41) is 0. The van der Waals surface area contributed by atoms with Crippen LogP contribution in [0.15, 0.2) is 97.1 Å². The molecule has 214 valence electrons. The number of halogens is 6. The third-order valence-electron chi connectivity index (χ3n) is 7.11. The van der Waals surface area contributed by atoms with Crippen LogP contribution in [0.25, 0.3) is 45.0 Å². The Labute approximate surface area is 239 Å². The third kappa shape index (κ3) is 6.08. The van der Waals surface area contributed by atoms with Gasteiger partial charge in [0.15, 0.2) is 5.82 Å². The highest BCUT2D eigenvalue weighted by atomic mass is 19.4. The van der Waals surface area contributed by atoms with E-state index in [2.05, 4.69) is 0 Å². The Balaban J connectivity index is 1.87. The smallest absolute Gasteiger partial charge is 0.227 e. The Morgan fingerprint density at radius 2 is 0.905 bits per heavy atom. The van der Waals surface area contributed by atoms with Crippen LogP contribution >= 0.6 is 0 Å². The lowest BCUT2D eigenvalue weighted by atomic mass is 9.92. The van der Waals surface area contributed by atoms with Crippen LogP contribution in [0, 0.1) is 0 Å². The minimum absolute atomic E-state index is 0.168. The molecule has 0 bridgehead atoms. The molecule has 42 heavy (non-hydrogen) atoms. The van der Waals surface area contributed by atoms with E-state index in [1.165, 1.54) is 24.3 Å². The molecule has 0 aliphatic heterocycles. The highest BCUT2D eigenvalue weighted by Gasteiger charge is 2.32. The van der Waals surface area contributed by atoms with Crippen LogP contribution in [-0.2, 0) is 25.2 Å². The van der Waals surface area contributed by atoms with Crippen molar-refractivity contribution in [2.75, 3.05) is 0 Å². The van der Waals surface area contributed by atoms with Gasteiger partial charge in [-0.2, -0.15) is 26.3 Å². The molecule has 0 amide bonds. The summed E-state index contributed by atoms with van der Waals surface area (Å²) >= 11 is 0. The van der Waals surface area contributed by atoms with Gasteiger partial charge in [0.05, 0.1) is 22.5 Å². The largest absolute Gasteiger partial charge is 0.416 e. The number of alkyl halides is 6. The number of benzene rings is 4. The summed E-state index contributed by atoms with van der Waals surface area (Å²) in [6, 6.07) is 24.3. The van der Waals surface area contributed by atoms with Gasteiger partial charge in [0.1, 0.15) is 0 Å². The van der Waals surface area contributed by atoms with E-state index in [9.17, 15) is 26.3 Å². The van der Waals surface area contributed by atoms with Gasteiger partial charge >= 0.3 is 12.4 Å². The van der Waals surface area contributed by atoms with Gasteiger partial charge < -0.3 is 0 Å². The van der Waals surface area contributed by atoms with E-state index in [1.54, 1.807) is 24.3 Å². The lowest BCUT2D eigenvalue weighted by molar-refractivity contribution is -0.138. The van der Waals surface area contributed by atoms with Crippen LogP contribution in [0.1, 0.15) is 36.1 Å². The molecule has 1 aromatic heterocycles. The second-order valence-electron chi connectivity index (χ2n) is 9.88. The van der Waals surface area contributed by atoms with E-state index in [1.807, 2.05) is 38.1 Å². The Bertz CT molecular complexity index is 1620. The van der Waals surface area contributed by atoms with E-state index < -0.39 is 23.5 Å². The monoisotopic (exact) mass is 576 g/mol. The van der Waals surface area contributed by atoms with Crippen molar-refractivity contribution in [1.29, 1.82) is 0 Å². The number of nitrogens with zero attached hydrogens (tertiary/aromatic N) is 2. The van der Waals surface area contributed by atoms with Crippen LogP contribution in [0.3, 0.4) is 0 Å². The van der Waals surface area contributed by atoms with E-state index in [-0.39, 0.29) is 28.3 Å². The van der Waals surface area contributed by atoms with Gasteiger partial charge in [0.25, 0.3) is 0 Å². The van der Waals surface area contributed by atoms with E-state index >= 15 is 0 Å². The Kier molecular flexibility index (Phi) is 7.91. The first-order valence-corrected chi connectivity index (χ1v) is 13.4. The molecule has 0 aliphatic carbocycles. The summed E-state index contributed by atoms with van der Waals surface area (Å²) in [5.41, 5.74) is 2.55. The zero-order chi connectivity index (χ0) is 30.1. The molecule has 4 aromatic carbocycles. The summed E-state index contributed by atoms with van der Waals surface area (Å²) < 4.78 is 82.6. The van der Waals surface area contributed by atoms with Crippen molar-refractivity contribution in [1.82, 2.24) is 9.97 Å². The van der Waals surface area contributed by atoms with Crippen LogP contribution in [0.4, 0.5) is 26.3 Å². The molecule has 0 N–H and O–H groups in total. The fraction of sp³-hybridized carbons (Fsp3) is 0.176. The van der Waals surface area contributed by atoms with Crippen LogP contribution in [0.5, 0.6) is 0 Å². The van der Waals surface area contributed by atoms with Gasteiger partial charge in [-0.05, 0) is 53.8 Å². The molecule has 0 saturated heterocycles. The van der Waals surface area contributed by atoms with Crippen molar-refractivity contribution in [3.05, 3.63) is 119 Å². The summed E-state index contributed by atoms with van der Waals surface area (Å²) in [5.74, 6) is 0.186. The maximum atomic E-state index is 13.8. The van der Waals surface area contributed by atoms with Gasteiger partial charge in [0, 0.05) is 22.3 Å². The highest BCUT2D eigenvalue weighted by molar-refractivity contribution is 5.92. The van der Waals surface area contributed by atoms with E-state index in [0.717, 1.165) is 48.2 Å². The molecule has 0 fully saturated rings. The zero-order valence-electron chi connectivity index (χ0n) is 22.8. The average molecular weight is 577 g/mol. The molecule has 5 rings (SSSR count). The Morgan fingerprint density at radius 3 is 1.29 bits per heavy atom. The van der Waals surface area contributed by atoms with Crippen molar-refractivity contribution < 1.29 is 26.3 Å². The fourth-order valence-corrected chi connectivity index (χ4v) is 4.76. The molecule has 8 heteroatoms. The van der Waals surface area contributed by atoms with E-state index in [0.29, 0.717) is 16.7 Å². The molecule has 0 aliphatic rings. The molecule has 0 spiro atoms. The SMILES string of the molecule is CCc1ccc(-c2nc(-c3cccc(C(F)(F)F)c3)c(-c3ccc(CC)cc3)c(-c3cccc(C(F)(F)F)c3)n2)cc1. The number of hydrogen-bond acceptors (Lipinski definition) is 2. The first kappa shape index (κ1) is 29.0. The molecule has 0 saturated carbocycles. The minimum atomic E-state index is -4.60. The van der Waals surface area contributed by atoms with Crippen molar-refractivity contribution in [3.63, 3.8) is 0 Å². The van der Waals surface area contributed by atoms with Crippen molar-refractivity contribution in [3.8, 4) is 45.0 Å². The fourth-order valence-electron chi connectivity index (χ4n) is 4.76. The topological polar surface area (TPSA) is 25.8 Å². The maximum absolute atomic E-state index is 13.8. The number of hydrogen-bond donors (Lipinski definition) is 0. The number of aromatic nitrogens is 2. The zero-order valence-corrected chi connectivity index (χ0v) is 22.8. The molecule has 5 aromatic rings. The predicted molar refractivity (Wildman–Crippen MR) is 153 cm³/mol. The molecule has 2 nitrogen and oxygen atoms in total. The molecule has 0 atom stereocenters. The summed E-state index contributed by atoms with van der Waals surface area (Å²) in [6.07, 6.45) is -7.66. The summed E-state index contributed by atoms with van der Waals surface area (Å²) in [7, 11) is 0. The van der Waals surface area contributed by atoms with Crippen LogP contribution in [0.2, 0.25) is 0 Å².